The van der Waals surface area contributed by atoms with Crippen LogP contribution in [0.2, 0.25) is 0 Å². The summed E-state index contributed by atoms with van der Waals surface area (Å²) < 4.78 is 4.27. The Bertz CT molecular complexity index is 611. The molecule has 1 fully saturated rings. The van der Waals surface area contributed by atoms with E-state index in [4.69, 9.17) is 11.6 Å². The molecular formula is C14H22ClN5. The molecule has 2 aromatic rings. The van der Waals surface area contributed by atoms with Gasteiger partial charge in [-0.2, -0.15) is 5.10 Å². The van der Waals surface area contributed by atoms with Gasteiger partial charge in [0.15, 0.2) is 5.65 Å². The Hall–Kier alpha value is -1.07. The first-order valence-electron chi connectivity index (χ1n) is 7.34. The molecule has 0 spiro atoms. The first-order valence-corrected chi connectivity index (χ1v) is 7.87. The summed E-state index contributed by atoms with van der Waals surface area (Å²) in [6.45, 7) is 6.95. The Kier molecular flexibility index (Phi) is 3.73. The highest BCUT2D eigenvalue weighted by atomic mass is 35.5. The molecule has 0 bridgehead atoms. The normalized spacial score (nSPS) is 15.7. The van der Waals surface area contributed by atoms with Gasteiger partial charge in [0, 0.05) is 25.7 Å². The Morgan fingerprint density at radius 3 is 2.75 bits per heavy atom. The molecule has 2 heterocycles. The summed E-state index contributed by atoms with van der Waals surface area (Å²) in [6.07, 6.45) is 2.68. The molecule has 110 valence electrons. The summed E-state index contributed by atoms with van der Waals surface area (Å²) in [6, 6.07) is 0.784. The van der Waals surface area contributed by atoms with Crippen LogP contribution in [0, 0.1) is 6.92 Å². The number of rotatable bonds is 6. The van der Waals surface area contributed by atoms with Crippen molar-refractivity contribution in [3.63, 3.8) is 0 Å². The van der Waals surface area contributed by atoms with Crippen molar-refractivity contribution < 1.29 is 0 Å². The van der Waals surface area contributed by atoms with Gasteiger partial charge >= 0.3 is 0 Å². The third kappa shape index (κ3) is 2.33. The van der Waals surface area contributed by atoms with E-state index in [0.717, 1.165) is 48.4 Å². The van der Waals surface area contributed by atoms with Crippen molar-refractivity contribution in [3.8, 4) is 0 Å². The Morgan fingerprint density at radius 1 is 1.40 bits per heavy atom. The van der Waals surface area contributed by atoms with Crippen LogP contribution in [0.25, 0.3) is 11.2 Å². The van der Waals surface area contributed by atoms with Gasteiger partial charge in [-0.1, -0.05) is 0 Å². The number of imidazole rings is 1. The van der Waals surface area contributed by atoms with Crippen LogP contribution in [0.5, 0.6) is 0 Å². The molecule has 0 N–H and O–H groups in total. The lowest BCUT2D eigenvalue weighted by Crippen LogP contribution is -2.26. The van der Waals surface area contributed by atoms with E-state index in [9.17, 15) is 0 Å². The summed E-state index contributed by atoms with van der Waals surface area (Å²) in [7, 11) is 2.20. The van der Waals surface area contributed by atoms with E-state index < -0.39 is 0 Å². The summed E-state index contributed by atoms with van der Waals surface area (Å²) in [5.41, 5.74) is 3.10. The fourth-order valence-electron chi connectivity index (χ4n) is 2.78. The lowest BCUT2D eigenvalue weighted by molar-refractivity contribution is 0.308. The summed E-state index contributed by atoms with van der Waals surface area (Å²) in [5, 5.41) is 4.56. The van der Waals surface area contributed by atoms with Crippen LogP contribution in [0.4, 0.5) is 0 Å². The largest absolute Gasteiger partial charge is 0.311 e. The molecule has 0 saturated heterocycles. The second kappa shape index (κ2) is 5.37. The SMILES string of the molecule is CCn1nc(C)c2nc(CCl)n(CCN(C)C3CC3)c21. The van der Waals surface area contributed by atoms with Gasteiger partial charge in [-0.3, -0.25) is 0 Å². The molecule has 1 aliphatic rings. The molecule has 0 unspecified atom stereocenters. The maximum absolute atomic E-state index is 6.07. The molecule has 0 aromatic carbocycles. The van der Waals surface area contributed by atoms with E-state index in [-0.39, 0.29) is 0 Å². The predicted octanol–water partition coefficient (Wildman–Crippen LogP) is 2.39. The molecule has 0 radical (unpaired) electrons. The van der Waals surface area contributed by atoms with Crippen LogP contribution in [-0.4, -0.2) is 43.9 Å². The number of aryl methyl sites for hydroxylation is 2. The Balaban J connectivity index is 1.93. The van der Waals surface area contributed by atoms with Gasteiger partial charge in [0.05, 0.1) is 11.6 Å². The zero-order valence-corrected chi connectivity index (χ0v) is 13.2. The van der Waals surface area contributed by atoms with E-state index in [1.165, 1.54) is 12.8 Å². The van der Waals surface area contributed by atoms with Crippen LogP contribution < -0.4 is 0 Å². The number of halogens is 1. The second-order valence-corrected chi connectivity index (χ2v) is 5.87. The maximum Gasteiger partial charge on any atom is 0.158 e. The van der Waals surface area contributed by atoms with Gasteiger partial charge in [-0.15, -0.1) is 11.6 Å². The van der Waals surface area contributed by atoms with Crippen LogP contribution in [0.3, 0.4) is 0 Å². The minimum Gasteiger partial charge on any atom is -0.311 e. The van der Waals surface area contributed by atoms with Gasteiger partial charge in [0.25, 0.3) is 0 Å². The second-order valence-electron chi connectivity index (χ2n) is 5.60. The monoisotopic (exact) mass is 295 g/mol. The first kappa shape index (κ1) is 13.9. The maximum atomic E-state index is 6.07. The first-order chi connectivity index (χ1) is 9.65. The third-order valence-corrected chi connectivity index (χ3v) is 4.38. The summed E-state index contributed by atoms with van der Waals surface area (Å²) in [4.78, 5) is 7.10. The molecule has 0 amide bonds. The van der Waals surface area contributed by atoms with Crippen LogP contribution in [-0.2, 0) is 19.0 Å². The Morgan fingerprint density at radius 2 is 2.15 bits per heavy atom. The van der Waals surface area contributed by atoms with Gasteiger partial charge < -0.3 is 9.47 Å². The minimum absolute atomic E-state index is 0.449. The number of alkyl halides is 1. The zero-order valence-electron chi connectivity index (χ0n) is 12.4. The van der Waals surface area contributed by atoms with Gasteiger partial charge in [-0.25, -0.2) is 9.67 Å². The summed E-state index contributed by atoms with van der Waals surface area (Å²) >= 11 is 6.07. The lowest BCUT2D eigenvalue weighted by atomic mass is 10.4. The fraction of sp³-hybridized carbons (Fsp3) is 0.714. The van der Waals surface area contributed by atoms with Crippen molar-refractivity contribution in [2.75, 3.05) is 13.6 Å². The standard InChI is InChI=1S/C14H22ClN5/c1-4-20-14-13(10(2)17-20)16-12(9-15)19(14)8-7-18(3)11-5-6-11/h11H,4-9H2,1-3H3. The number of hydrogen-bond donors (Lipinski definition) is 0. The van der Waals surface area contributed by atoms with E-state index in [1.54, 1.807) is 0 Å². The molecule has 6 heteroatoms. The minimum atomic E-state index is 0.449. The van der Waals surface area contributed by atoms with E-state index in [0.29, 0.717) is 5.88 Å². The van der Waals surface area contributed by atoms with Crippen molar-refractivity contribution in [1.29, 1.82) is 0 Å². The van der Waals surface area contributed by atoms with Crippen molar-refractivity contribution in [3.05, 3.63) is 11.5 Å². The highest BCUT2D eigenvalue weighted by molar-refractivity contribution is 6.16. The van der Waals surface area contributed by atoms with Crippen molar-refractivity contribution in [2.24, 2.45) is 0 Å². The molecule has 0 aliphatic heterocycles. The topological polar surface area (TPSA) is 38.9 Å². The van der Waals surface area contributed by atoms with Crippen molar-refractivity contribution in [2.45, 2.75) is 51.7 Å². The molecule has 2 aromatic heterocycles. The van der Waals surface area contributed by atoms with Gasteiger partial charge in [-0.05, 0) is 33.7 Å². The van der Waals surface area contributed by atoms with Gasteiger partial charge in [0.1, 0.15) is 11.3 Å². The number of hydrogen-bond acceptors (Lipinski definition) is 3. The summed E-state index contributed by atoms with van der Waals surface area (Å²) in [5.74, 6) is 1.40. The van der Waals surface area contributed by atoms with E-state index in [1.807, 2.05) is 11.6 Å². The highest BCUT2D eigenvalue weighted by Gasteiger charge is 2.26. The van der Waals surface area contributed by atoms with E-state index in [2.05, 4.69) is 33.5 Å². The predicted molar refractivity (Wildman–Crippen MR) is 81.1 cm³/mol. The average molecular weight is 296 g/mol. The average Bonchev–Trinajstić information content (AvgIpc) is 3.16. The molecular weight excluding hydrogens is 274 g/mol. The highest BCUT2D eigenvalue weighted by Crippen LogP contribution is 2.26. The lowest BCUT2D eigenvalue weighted by Gasteiger charge is -2.17. The molecule has 1 saturated carbocycles. The molecule has 3 rings (SSSR count). The molecule has 0 atom stereocenters. The zero-order chi connectivity index (χ0) is 14.3. The van der Waals surface area contributed by atoms with Crippen LogP contribution in [0.1, 0.15) is 31.3 Å². The molecule has 1 aliphatic carbocycles. The third-order valence-electron chi connectivity index (χ3n) is 4.14. The van der Waals surface area contributed by atoms with Crippen LogP contribution >= 0.6 is 11.6 Å². The van der Waals surface area contributed by atoms with Gasteiger partial charge in [0.2, 0.25) is 0 Å². The quantitative estimate of drug-likeness (QED) is 0.768. The number of aromatic nitrogens is 4. The molecule has 20 heavy (non-hydrogen) atoms. The van der Waals surface area contributed by atoms with Crippen molar-refractivity contribution >= 4 is 22.8 Å². The Labute approximate surface area is 124 Å². The van der Waals surface area contributed by atoms with Crippen LogP contribution in [0.15, 0.2) is 0 Å². The number of nitrogens with zero attached hydrogens (tertiary/aromatic N) is 5. The number of fused-ring (bicyclic) bond motifs is 1. The smallest absolute Gasteiger partial charge is 0.158 e. The molecule has 5 nitrogen and oxygen atoms in total. The number of likely N-dealkylation sites (N-methyl/N-ethyl adjacent to an activating group) is 1. The van der Waals surface area contributed by atoms with E-state index >= 15 is 0 Å². The fourth-order valence-corrected chi connectivity index (χ4v) is 2.99. The van der Waals surface area contributed by atoms with Crippen molar-refractivity contribution in [1.82, 2.24) is 24.2 Å².